The minimum absolute atomic E-state index is 0.223. The number of hydrogen-bond donors (Lipinski definition) is 2. The molecule has 0 aromatic heterocycles. The van der Waals surface area contributed by atoms with Crippen LogP contribution in [0.4, 0.5) is 0 Å². The van der Waals surface area contributed by atoms with Gasteiger partial charge in [0.15, 0.2) is 5.96 Å². The lowest BCUT2D eigenvalue weighted by atomic mass is 9.92. The Balaban J connectivity index is 2.01. The molecule has 0 atom stereocenters. The van der Waals surface area contributed by atoms with Crippen LogP contribution in [-0.2, 0) is 5.41 Å². The summed E-state index contributed by atoms with van der Waals surface area (Å²) in [5.41, 5.74) is 9.92. The molecule has 1 saturated carbocycles. The highest BCUT2D eigenvalue weighted by molar-refractivity contribution is 5.78. The van der Waals surface area contributed by atoms with E-state index in [1.54, 1.807) is 0 Å². The first kappa shape index (κ1) is 13.7. The Bertz CT molecular complexity index is 498. The number of aliphatic imine (C=N–C) groups is 1. The fourth-order valence-electron chi connectivity index (χ4n) is 2.37. The quantitative estimate of drug-likeness (QED) is 0.484. The summed E-state index contributed by atoms with van der Waals surface area (Å²) in [7, 11) is 0. The largest absolute Gasteiger partial charge is 0.370 e. The summed E-state index contributed by atoms with van der Waals surface area (Å²) in [4.78, 5) is 4.49. The summed E-state index contributed by atoms with van der Waals surface area (Å²) in [6, 6.07) is 8.58. The summed E-state index contributed by atoms with van der Waals surface area (Å²) < 4.78 is 0. The molecular weight excluding hydrogens is 234 g/mol. The molecule has 0 spiro atoms. The van der Waals surface area contributed by atoms with E-state index >= 15 is 0 Å². The van der Waals surface area contributed by atoms with Gasteiger partial charge < -0.3 is 11.1 Å². The number of nitrogens with one attached hydrogen (secondary N) is 1. The third kappa shape index (κ3) is 3.37. The molecule has 102 valence electrons. The van der Waals surface area contributed by atoms with Crippen molar-refractivity contribution in [2.75, 3.05) is 13.1 Å². The van der Waals surface area contributed by atoms with Gasteiger partial charge in [-0.2, -0.15) is 0 Å². The lowest BCUT2D eigenvalue weighted by Gasteiger charge is -2.16. The zero-order valence-electron chi connectivity index (χ0n) is 11.9. The van der Waals surface area contributed by atoms with Crippen LogP contribution in [0.5, 0.6) is 0 Å². The van der Waals surface area contributed by atoms with Gasteiger partial charge in [-0.05, 0) is 37.8 Å². The van der Waals surface area contributed by atoms with Gasteiger partial charge >= 0.3 is 0 Å². The molecule has 0 unspecified atom stereocenters. The first-order valence-corrected chi connectivity index (χ1v) is 6.78. The average molecular weight is 257 g/mol. The van der Waals surface area contributed by atoms with E-state index in [4.69, 9.17) is 5.73 Å². The van der Waals surface area contributed by atoms with Crippen LogP contribution in [-0.4, -0.2) is 19.0 Å². The molecule has 0 aliphatic heterocycles. The van der Waals surface area contributed by atoms with Gasteiger partial charge in [0.05, 0.1) is 6.54 Å². The molecule has 1 aliphatic carbocycles. The Hall–Kier alpha value is -1.77. The van der Waals surface area contributed by atoms with Gasteiger partial charge in [0.25, 0.3) is 0 Å². The molecule has 1 fully saturated rings. The summed E-state index contributed by atoms with van der Waals surface area (Å²) >= 11 is 0. The first-order chi connectivity index (χ1) is 9.03. The zero-order valence-corrected chi connectivity index (χ0v) is 11.9. The molecule has 1 aromatic carbocycles. The van der Waals surface area contributed by atoms with Crippen molar-refractivity contribution in [1.29, 1.82) is 0 Å². The molecule has 1 aromatic rings. The van der Waals surface area contributed by atoms with Gasteiger partial charge in [-0.3, -0.25) is 4.99 Å². The maximum atomic E-state index is 5.87. The topological polar surface area (TPSA) is 50.4 Å². The minimum atomic E-state index is 0.223. The highest BCUT2D eigenvalue weighted by atomic mass is 15.1. The molecule has 0 radical (unpaired) electrons. The van der Waals surface area contributed by atoms with Crippen molar-refractivity contribution in [2.24, 2.45) is 10.7 Å². The Morgan fingerprint density at radius 1 is 1.42 bits per heavy atom. The van der Waals surface area contributed by atoms with Crippen LogP contribution in [0.1, 0.15) is 30.9 Å². The van der Waals surface area contributed by atoms with E-state index in [0.29, 0.717) is 12.5 Å². The summed E-state index contributed by atoms with van der Waals surface area (Å²) in [5.74, 6) is 0.517. The van der Waals surface area contributed by atoms with Crippen molar-refractivity contribution < 1.29 is 0 Å². The van der Waals surface area contributed by atoms with E-state index in [9.17, 15) is 0 Å². The fraction of sp³-hybridized carbons (Fsp3) is 0.438. The highest BCUT2D eigenvalue weighted by Crippen LogP contribution is 2.49. The van der Waals surface area contributed by atoms with E-state index in [-0.39, 0.29) is 5.41 Å². The number of nitrogens with two attached hydrogens (primary N) is 1. The van der Waals surface area contributed by atoms with Gasteiger partial charge in [0.2, 0.25) is 0 Å². The normalized spacial score (nSPS) is 17.1. The standard InChI is InChI=1S/C16H23N3/c1-12(2)10-18-15(17)19-11-16(8-9-16)14-7-5-4-6-13(14)3/h4-7H,1,8-11H2,2-3H3,(H3,17,18,19). The van der Waals surface area contributed by atoms with Crippen LogP contribution in [0, 0.1) is 6.92 Å². The van der Waals surface area contributed by atoms with Crippen molar-refractivity contribution >= 4 is 5.96 Å². The number of rotatable bonds is 5. The zero-order chi connectivity index (χ0) is 13.9. The summed E-state index contributed by atoms with van der Waals surface area (Å²) in [6.07, 6.45) is 2.41. The minimum Gasteiger partial charge on any atom is -0.370 e. The predicted molar refractivity (Wildman–Crippen MR) is 81.4 cm³/mol. The fourth-order valence-corrected chi connectivity index (χ4v) is 2.37. The van der Waals surface area contributed by atoms with Gasteiger partial charge in [-0.1, -0.05) is 36.4 Å². The maximum absolute atomic E-state index is 5.87. The lowest BCUT2D eigenvalue weighted by molar-refractivity contribution is 0.696. The van der Waals surface area contributed by atoms with Crippen molar-refractivity contribution in [3.8, 4) is 0 Å². The van der Waals surface area contributed by atoms with Gasteiger partial charge in [-0.15, -0.1) is 0 Å². The Labute approximate surface area is 115 Å². The molecule has 0 heterocycles. The second-order valence-electron chi connectivity index (χ2n) is 5.61. The molecule has 0 saturated heterocycles. The lowest BCUT2D eigenvalue weighted by Crippen LogP contribution is -2.33. The van der Waals surface area contributed by atoms with Crippen molar-refractivity contribution in [2.45, 2.75) is 32.1 Å². The van der Waals surface area contributed by atoms with Gasteiger partial charge in [0.1, 0.15) is 0 Å². The number of guanidine groups is 1. The van der Waals surface area contributed by atoms with Crippen molar-refractivity contribution in [3.63, 3.8) is 0 Å². The molecule has 19 heavy (non-hydrogen) atoms. The van der Waals surface area contributed by atoms with Crippen LogP contribution in [0.2, 0.25) is 0 Å². The van der Waals surface area contributed by atoms with Crippen LogP contribution in [0.3, 0.4) is 0 Å². The van der Waals surface area contributed by atoms with E-state index in [1.165, 1.54) is 24.0 Å². The van der Waals surface area contributed by atoms with E-state index in [2.05, 4.69) is 48.1 Å². The molecule has 0 bridgehead atoms. The SMILES string of the molecule is C=C(C)CNC(N)=NCC1(c2ccccc2C)CC1. The number of nitrogens with zero attached hydrogens (tertiary/aromatic N) is 1. The monoisotopic (exact) mass is 257 g/mol. The van der Waals surface area contributed by atoms with E-state index in [1.807, 2.05) is 6.92 Å². The Kier molecular flexibility index (Phi) is 3.93. The Morgan fingerprint density at radius 3 is 2.68 bits per heavy atom. The summed E-state index contributed by atoms with van der Waals surface area (Å²) in [5, 5.41) is 3.08. The van der Waals surface area contributed by atoms with Gasteiger partial charge in [-0.25, -0.2) is 0 Å². The third-order valence-electron chi connectivity index (χ3n) is 3.69. The molecule has 3 N–H and O–H groups in total. The molecule has 0 amide bonds. The molecule has 3 heteroatoms. The molecule has 3 nitrogen and oxygen atoms in total. The number of aryl methyl sites for hydroxylation is 1. The molecule has 1 aliphatic rings. The number of hydrogen-bond acceptors (Lipinski definition) is 1. The number of benzene rings is 1. The predicted octanol–water partition coefficient (Wildman–Crippen LogP) is 2.51. The second-order valence-corrected chi connectivity index (χ2v) is 5.61. The first-order valence-electron chi connectivity index (χ1n) is 6.78. The third-order valence-corrected chi connectivity index (χ3v) is 3.69. The van der Waals surface area contributed by atoms with E-state index in [0.717, 1.165) is 12.1 Å². The average Bonchev–Trinajstić information content (AvgIpc) is 3.15. The molecule has 2 rings (SSSR count). The van der Waals surface area contributed by atoms with Crippen LogP contribution in [0.15, 0.2) is 41.4 Å². The van der Waals surface area contributed by atoms with Crippen LogP contribution < -0.4 is 11.1 Å². The van der Waals surface area contributed by atoms with Gasteiger partial charge in [0, 0.05) is 12.0 Å². The highest BCUT2D eigenvalue weighted by Gasteiger charge is 2.44. The van der Waals surface area contributed by atoms with Crippen LogP contribution in [0.25, 0.3) is 0 Å². The van der Waals surface area contributed by atoms with Crippen molar-refractivity contribution in [3.05, 3.63) is 47.5 Å². The Morgan fingerprint density at radius 2 is 2.11 bits per heavy atom. The van der Waals surface area contributed by atoms with Crippen molar-refractivity contribution in [1.82, 2.24) is 5.32 Å². The van der Waals surface area contributed by atoms with E-state index < -0.39 is 0 Å². The maximum Gasteiger partial charge on any atom is 0.188 e. The van der Waals surface area contributed by atoms with Crippen LogP contribution >= 0.6 is 0 Å². The summed E-state index contributed by atoms with van der Waals surface area (Å²) in [6.45, 7) is 9.43. The molecular formula is C16H23N3. The second kappa shape index (κ2) is 5.47. The smallest absolute Gasteiger partial charge is 0.188 e.